The van der Waals surface area contributed by atoms with Gasteiger partial charge in [-0.3, -0.25) is 4.99 Å². The lowest BCUT2D eigenvalue weighted by atomic mass is 9.82. The summed E-state index contributed by atoms with van der Waals surface area (Å²) in [5, 5.41) is 6.37. The molecule has 0 spiro atoms. The van der Waals surface area contributed by atoms with Crippen LogP contribution in [0.3, 0.4) is 0 Å². The number of nitrogens with zero attached hydrogens (tertiary/aromatic N) is 1. The molecule has 0 bridgehead atoms. The van der Waals surface area contributed by atoms with Gasteiger partial charge in [-0.2, -0.15) is 0 Å². The Kier molecular flexibility index (Phi) is 10.4. The molecule has 2 rings (SSSR count). The van der Waals surface area contributed by atoms with E-state index in [1.165, 1.54) is 30.0 Å². The zero-order valence-corrected chi connectivity index (χ0v) is 22.0. The van der Waals surface area contributed by atoms with E-state index < -0.39 is 15.7 Å². The molecule has 31 heavy (non-hydrogen) atoms. The summed E-state index contributed by atoms with van der Waals surface area (Å²) in [6.45, 7) is 7.51. The highest BCUT2D eigenvalue weighted by Crippen LogP contribution is 2.26. The zero-order valence-electron chi connectivity index (χ0n) is 18.8. The Morgan fingerprint density at radius 3 is 2.19 bits per heavy atom. The number of sulfone groups is 1. The van der Waals surface area contributed by atoms with Crippen LogP contribution >= 0.6 is 24.0 Å². The van der Waals surface area contributed by atoms with E-state index in [0.717, 1.165) is 12.0 Å². The van der Waals surface area contributed by atoms with Crippen molar-refractivity contribution in [1.29, 1.82) is 0 Å². The van der Waals surface area contributed by atoms with Crippen molar-refractivity contribution < 1.29 is 12.8 Å². The number of hydrogen-bond acceptors (Lipinski definition) is 3. The van der Waals surface area contributed by atoms with E-state index in [1.807, 2.05) is 0 Å². The second kappa shape index (κ2) is 11.8. The molecule has 0 fully saturated rings. The third kappa shape index (κ3) is 8.76. The number of rotatable bonds is 8. The molecule has 0 heterocycles. The van der Waals surface area contributed by atoms with Crippen LogP contribution in [0.2, 0.25) is 0 Å². The van der Waals surface area contributed by atoms with Gasteiger partial charge >= 0.3 is 0 Å². The topological polar surface area (TPSA) is 70.6 Å². The molecular formula is C23H33FIN3O2S. The molecule has 0 aliphatic carbocycles. The first-order chi connectivity index (χ1) is 14.0. The van der Waals surface area contributed by atoms with E-state index in [4.69, 9.17) is 0 Å². The molecule has 0 saturated heterocycles. The molecule has 2 aromatic rings. The fourth-order valence-corrected chi connectivity index (χ4v) is 3.89. The minimum absolute atomic E-state index is 0. The van der Waals surface area contributed by atoms with Gasteiger partial charge in [-0.05, 0) is 46.2 Å². The molecule has 0 radical (unpaired) electrons. The Morgan fingerprint density at radius 1 is 1.03 bits per heavy atom. The molecular weight excluding hydrogens is 528 g/mol. The molecule has 2 N–H and O–H groups in total. The van der Waals surface area contributed by atoms with E-state index >= 15 is 0 Å². The SMILES string of the molecule is CCC(C)(C)c1ccc(CNC(=NC)NCc2cc(F)ccc2CS(C)(=O)=O)cc1.I. The highest BCUT2D eigenvalue weighted by molar-refractivity contribution is 14.0. The van der Waals surface area contributed by atoms with Crippen molar-refractivity contribution in [1.82, 2.24) is 10.6 Å². The molecule has 0 saturated carbocycles. The standard InChI is InChI=1S/C23H32FN3O2S.HI/c1-6-23(2,3)20-10-7-17(8-11-20)14-26-22(25-4)27-15-19-13-21(24)12-9-18(19)16-30(5,28)29;/h7-13H,6,14-16H2,1-5H3,(H2,25,26,27);1H. The molecule has 0 unspecified atom stereocenters. The van der Waals surface area contributed by atoms with Gasteiger partial charge in [0.15, 0.2) is 15.8 Å². The molecule has 0 amide bonds. The lowest BCUT2D eigenvalue weighted by Crippen LogP contribution is -2.36. The molecule has 2 aromatic carbocycles. The van der Waals surface area contributed by atoms with Gasteiger partial charge < -0.3 is 10.6 Å². The van der Waals surface area contributed by atoms with Gasteiger partial charge in [-0.25, -0.2) is 12.8 Å². The van der Waals surface area contributed by atoms with Crippen molar-refractivity contribution in [2.24, 2.45) is 4.99 Å². The third-order valence-electron chi connectivity index (χ3n) is 5.34. The Balaban J connectivity index is 0.00000480. The second-order valence-corrected chi connectivity index (χ2v) is 10.3. The maximum absolute atomic E-state index is 13.7. The first-order valence-electron chi connectivity index (χ1n) is 10.0. The normalized spacial score (nSPS) is 12.3. The Bertz CT molecular complexity index is 990. The number of halogens is 2. The van der Waals surface area contributed by atoms with Crippen LogP contribution in [0.5, 0.6) is 0 Å². The minimum Gasteiger partial charge on any atom is -0.352 e. The van der Waals surface area contributed by atoms with Gasteiger partial charge in [-0.1, -0.05) is 51.1 Å². The first-order valence-corrected chi connectivity index (χ1v) is 12.1. The molecule has 5 nitrogen and oxygen atoms in total. The summed E-state index contributed by atoms with van der Waals surface area (Å²) in [6.07, 6.45) is 2.24. The maximum atomic E-state index is 13.7. The average Bonchev–Trinajstić information content (AvgIpc) is 2.69. The Labute approximate surface area is 202 Å². The van der Waals surface area contributed by atoms with Crippen LogP contribution in [0.25, 0.3) is 0 Å². The van der Waals surface area contributed by atoms with Crippen LogP contribution in [0.4, 0.5) is 4.39 Å². The number of aliphatic imine (C=N–C) groups is 1. The Hall–Kier alpha value is -1.68. The van der Waals surface area contributed by atoms with E-state index in [2.05, 4.69) is 60.7 Å². The largest absolute Gasteiger partial charge is 0.352 e. The molecule has 0 aliphatic rings. The van der Waals surface area contributed by atoms with E-state index in [9.17, 15) is 12.8 Å². The van der Waals surface area contributed by atoms with Crippen LogP contribution in [-0.4, -0.2) is 27.7 Å². The van der Waals surface area contributed by atoms with Crippen molar-refractivity contribution in [2.75, 3.05) is 13.3 Å². The molecule has 8 heteroatoms. The Morgan fingerprint density at radius 2 is 1.65 bits per heavy atom. The summed E-state index contributed by atoms with van der Waals surface area (Å²) in [6, 6.07) is 12.7. The van der Waals surface area contributed by atoms with E-state index in [1.54, 1.807) is 7.05 Å². The summed E-state index contributed by atoms with van der Waals surface area (Å²) in [4.78, 5) is 4.20. The van der Waals surface area contributed by atoms with Crippen molar-refractivity contribution in [3.8, 4) is 0 Å². The van der Waals surface area contributed by atoms with Crippen LogP contribution in [0.15, 0.2) is 47.5 Å². The quantitative estimate of drug-likeness (QED) is 0.282. The smallest absolute Gasteiger partial charge is 0.191 e. The highest BCUT2D eigenvalue weighted by Gasteiger charge is 2.17. The second-order valence-electron chi connectivity index (χ2n) is 8.20. The van der Waals surface area contributed by atoms with Crippen molar-refractivity contribution in [3.63, 3.8) is 0 Å². The average molecular weight is 562 g/mol. The van der Waals surface area contributed by atoms with Crippen LogP contribution < -0.4 is 10.6 Å². The summed E-state index contributed by atoms with van der Waals surface area (Å²) >= 11 is 0. The van der Waals surface area contributed by atoms with Gasteiger partial charge in [0, 0.05) is 26.4 Å². The maximum Gasteiger partial charge on any atom is 0.191 e. The lowest BCUT2D eigenvalue weighted by Gasteiger charge is -2.23. The van der Waals surface area contributed by atoms with Gasteiger partial charge in [0.25, 0.3) is 0 Å². The number of guanidine groups is 1. The molecule has 172 valence electrons. The van der Waals surface area contributed by atoms with Crippen molar-refractivity contribution in [2.45, 2.75) is 51.4 Å². The van der Waals surface area contributed by atoms with Gasteiger partial charge in [0.1, 0.15) is 5.82 Å². The highest BCUT2D eigenvalue weighted by atomic mass is 127. The molecule has 0 atom stereocenters. The van der Waals surface area contributed by atoms with Crippen LogP contribution in [0.1, 0.15) is 49.4 Å². The summed E-state index contributed by atoms with van der Waals surface area (Å²) in [5.41, 5.74) is 3.75. The summed E-state index contributed by atoms with van der Waals surface area (Å²) in [5.74, 6) is 0.0289. The number of hydrogen-bond donors (Lipinski definition) is 2. The van der Waals surface area contributed by atoms with Gasteiger partial charge in [0.05, 0.1) is 5.75 Å². The fraction of sp³-hybridized carbons (Fsp3) is 0.435. The van der Waals surface area contributed by atoms with Crippen LogP contribution in [0, 0.1) is 5.82 Å². The minimum atomic E-state index is -3.22. The van der Waals surface area contributed by atoms with Crippen molar-refractivity contribution in [3.05, 3.63) is 70.5 Å². The number of nitrogens with one attached hydrogen (secondary N) is 2. The summed E-state index contributed by atoms with van der Waals surface area (Å²) < 4.78 is 37.0. The van der Waals surface area contributed by atoms with Crippen LogP contribution in [-0.2, 0) is 34.1 Å². The summed E-state index contributed by atoms with van der Waals surface area (Å²) in [7, 11) is -1.56. The van der Waals surface area contributed by atoms with Gasteiger partial charge in [-0.15, -0.1) is 24.0 Å². The predicted octanol–water partition coefficient (Wildman–Crippen LogP) is 4.54. The van der Waals surface area contributed by atoms with Crippen molar-refractivity contribution >= 4 is 39.8 Å². The monoisotopic (exact) mass is 561 g/mol. The fourth-order valence-electron chi connectivity index (χ4n) is 3.05. The first kappa shape index (κ1) is 27.4. The molecule has 0 aromatic heterocycles. The van der Waals surface area contributed by atoms with Gasteiger partial charge in [0.2, 0.25) is 0 Å². The zero-order chi connectivity index (χ0) is 22.4. The predicted molar refractivity (Wildman–Crippen MR) is 137 cm³/mol. The van der Waals surface area contributed by atoms with E-state index in [-0.39, 0.29) is 41.7 Å². The number of benzene rings is 2. The third-order valence-corrected chi connectivity index (χ3v) is 6.17. The molecule has 0 aliphatic heterocycles. The lowest BCUT2D eigenvalue weighted by molar-refractivity contribution is 0.506. The van der Waals surface area contributed by atoms with E-state index in [0.29, 0.717) is 23.6 Å².